The van der Waals surface area contributed by atoms with E-state index in [1.807, 2.05) is 0 Å². The summed E-state index contributed by atoms with van der Waals surface area (Å²) in [5.74, 6) is 3.58. The molecule has 3 rings (SSSR count). The van der Waals surface area contributed by atoms with Gasteiger partial charge in [-0.15, -0.1) is 0 Å². The molecule has 0 unspecified atom stereocenters. The van der Waals surface area contributed by atoms with Crippen LogP contribution in [0.2, 0.25) is 0 Å². The molecule has 0 saturated heterocycles. The normalized spacial score (nSPS) is 21.8. The summed E-state index contributed by atoms with van der Waals surface area (Å²) in [7, 11) is 0. The Kier molecular flexibility index (Phi) is 2.41. The zero-order valence-corrected chi connectivity index (χ0v) is 10.1. The fraction of sp³-hybridized carbons (Fsp3) is 0.769. The van der Waals surface area contributed by atoms with Gasteiger partial charge in [0.25, 0.3) is 0 Å². The standard InChI is InChI=1S/C13H21N3/c1-2-16-12(14)11(9-7-8-9)15-13(16)10-5-3-4-6-10/h9-10H,2-8,14H2,1H3. The first kappa shape index (κ1) is 10.2. The van der Waals surface area contributed by atoms with Crippen LogP contribution >= 0.6 is 0 Å². The van der Waals surface area contributed by atoms with E-state index in [2.05, 4.69) is 11.5 Å². The Hall–Kier alpha value is -0.990. The van der Waals surface area contributed by atoms with Crippen LogP contribution in [0.5, 0.6) is 0 Å². The number of hydrogen-bond acceptors (Lipinski definition) is 2. The lowest BCUT2D eigenvalue weighted by atomic mass is 10.1. The molecule has 0 spiro atoms. The lowest BCUT2D eigenvalue weighted by Crippen LogP contribution is -2.08. The Morgan fingerprint density at radius 2 is 1.88 bits per heavy atom. The zero-order chi connectivity index (χ0) is 11.1. The molecule has 2 aliphatic carbocycles. The van der Waals surface area contributed by atoms with Crippen molar-refractivity contribution in [3.63, 3.8) is 0 Å². The van der Waals surface area contributed by atoms with Gasteiger partial charge >= 0.3 is 0 Å². The number of aromatic nitrogens is 2. The van der Waals surface area contributed by atoms with Gasteiger partial charge in [0.05, 0.1) is 5.69 Å². The van der Waals surface area contributed by atoms with Gasteiger partial charge in [-0.1, -0.05) is 12.8 Å². The average molecular weight is 219 g/mol. The first-order valence-electron chi connectivity index (χ1n) is 6.67. The minimum Gasteiger partial charge on any atom is -0.384 e. The SMILES string of the molecule is CCn1c(C2CCCC2)nc(C2CC2)c1N. The van der Waals surface area contributed by atoms with Crippen molar-refractivity contribution >= 4 is 5.82 Å². The van der Waals surface area contributed by atoms with Gasteiger partial charge < -0.3 is 10.3 Å². The molecule has 0 radical (unpaired) electrons. The van der Waals surface area contributed by atoms with Gasteiger partial charge in [0, 0.05) is 18.4 Å². The number of nitrogen functional groups attached to an aromatic ring is 1. The summed E-state index contributed by atoms with van der Waals surface area (Å²) in [6.45, 7) is 3.14. The maximum atomic E-state index is 6.22. The molecule has 2 saturated carbocycles. The van der Waals surface area contributed by atoms with Crippen LogP contribution in [-0.2, 0) is 6.54 Å². The summed E-state index contributed by atoms with van der Waals surface area (Å²) < 4.78 is 2.25. The van der Waals surface area contributed by atoms with Gasteiger partial charge in [-0.3, -0.25) is 0 Å². The third-order valence-electron chi connectivity index (χ3n) is 4.07. The molecule has 88 valence electrons. The van der Waals surface area contributed by atoms with Gasteiger partial charge in [-0.05, 0) is 32.6 Å². The van der Waals surface area contributed by atoms with Crippen molar-refractivity contribution < 1.29 is 0 Å². The quantitative estimate of drug-likeness (QED) is 0.849. The molecular formula is C13H21N3. The third kappa shape index (κ3) is 1.53. The first-order valence-corrected chi connectivity index (χ1v) is 6.67. The minimum absolute atomic E-state index is 0.674. The van der Waals surface area contributed by atoms with Crippen LogP contribution < -0.4 is 5.73 Å². The predicted octanol–water partition coefficient (Wildman–Crippen LogP) is 3.02. The van der Waals surface area contributed by atoms with Crippen LogP contribution in [-0.4, -0.2) is 9.55 Å². The summed E-state index contributed by atoms with van der Waals surface area (Å²) in [6.07, 6.45) is 7.91. The number of anilines is 1. The molecule has 2 fully saturated rings. The highest BCUT2D eigenvalue weighted by Crippen LogP contribution is 2.44. The molecule has 0 amide bonds. The topological polar surface area (TPSA) is 43.8 Å². The molecule has 2 N–H and O–H groups in total. The number of nitrogens with two attached hydrogens (primary N) is 1. The van der Waals surface area contributed by atoms with Crippen LogP contribution in [0, 0.1) is 0 Å². The highest BCUT2D eigenvalue weighted by atomic mass is 15.1. The Morgan fingerprint density at radius 3 is 2.44 bits per heavy atom. The summed E-state index contributed by atoms with van der Waals surface area (Å²) >= 11 is 0. The smallest absolute Gasteiger partial charge is 0.127 e. The van der Waals surface area contributed by atoms with Gasteiger partial charge in [-0.2, -0.15) is 0 Å². The van der Waals surface area contributed by atoms with E-state index in [4.69, 9.17) is 10.7 Å². The largest absolute Gasteiger partial charge is 0.384 e. The van der Waals surface area contributed by atoms with Crippen molar-refractivity contribution in [2.24, 2.45) is 0 Å². The van der Waals surface area contributed by atoms with Crippen molar-refractivity contribution in [2.45, 2.75) is 63.8 Å². The summed E-state index contributed by atoms with van der Waals surface area (Å²) in [5, 5.41) is 0. The summed E-state index contributed by atoms with van der Waals surface area (Å²) in [4.78, 5) is 4.86. The second kappa shape index (κ2) is 3.79. The Balaban J connectivity index is 1.98. The number of hydrogen-bond donors (Lipinski definition) is 1. The Labute approximate surface area is 97.0 Å². The van der Waals surface area contributed by atoms with Crippen molar-refractivity contribution in [1.29, 1.82) is 0 Å². The van der Waals surface area contributed by atoms with Crippen molar-refractivity contribution in [3.05, 3.63) is 11.5 Å². The molecule has 0 atom stereocenters. The van der Waals surface area contributed by atoms with Gasteiger partial charge in [0.15, 0.2) is 0 Å². The van der Waals surface area contributed by atoms with Crippen LogP contribution in [0.1, 0.15) is 68.8 Å². The highest BCUT2D eigenvalue weighted by molar-refractivity contribution is 5.43. The van der Waals surface area contributed by atoms with E-state index < -0.39 is 0 Å². The summed E-state index contributed by atoms with van der Waals surface area (Å²) in [6, 6.07) is 0. The minimum atomic E-state index is 0.674. The van der Waals surface area contributed by atoms with Crippen LogP contribution in [0.4, 0.5) is 5.82 Å². The molecule has 3 nitrogen and oxygen atoms in total. The van der Waals surface area contributed by atoms with E-state index in [1.54, 1.807) is 0 Å². The van der Waals surface area contributed by atoms with Crippen LogP contribution in [0.25, 0.3) is 0 Å². The molecule has 0 bridgehead atoms. The molecule has 16 heavy (non-hydrogen) atoms. The molecule has 3 heteroatoms. The molecule has 1 aromatic rings. The zero-order valence-electron chi connectivity index (χ0n) is 10.1. The summed E-state index contributed by atoms with van der Waals surface area (Å²) in [5.41, 5.74) is 7.42. The lowest BCUT2D eigenvalue weighted by molar-refractivity contribution is 0.603. The van der Waals surface area contributed by atoms with Gasteiger partial charge in [0.2, 0.25) is 0 Å². The third-order valence-corrected chi connectivity index (χ3v) is 4.07. The van der Waals surface area contributed by atoms with Crippen molar-refractivity contribution in [3.8, 4) is 0 Å². The van der Waals surface area contributed by atoms with E-state index in [1.165, 1.54) is 50.0 Å². The second-order valence-corrected chi connectivity index (χ2v) is 5.24. The Bertz CT molecular complexity index is 384. The van der Waals surface area contributed by atoms with Crippen molar-refractivity contribution in [2.75, 3.05) is 5.73 Å². The molecule has 2 aliphatic rings. The van der Waals surface area contributed by atoms with E-state index in [0.717, 1.165) is 12.4 Å². The monoisotopic (exact) mass is 219 g/mol. The van der Waals surface area contributed by atoms with E-state index >= 15 is 0 Å². The van der Waals surface area contributed by atoms with Gasteiger partial charge in [0.1, 0.15) is 11.6 Å². The lowest BCUT2D eigenvalue weighted by Gasteiger charge is -2.11. The average Bonchev–Trinajstić information content (AvgIpc) is 2.88. The number of imidazole rings is 1. The number of nitrogens with zero attached hydrogens (tertiary/aromatic N) is 2. The predicted molar refractivity (Wildman–Crippen MR) is 65.5 cm³/mol. The molecule has 0 aromatic carbocycles. The molecule has 1 heterocycles. The maximum Gasteiger partial charge on any atom is 0.127 e. The first-order chi connectivity index (χ1) is 7.81. The molecule has 1 aromatic heterocycles. The van der Waals surface area contributed by atoms with Crippen molar-refractivity contribution in [1.82, 2.24) is 9.55 Å². The second-order valence-electron chi connectivity index (χ2n) is 5.24. The fourth-order valence-electron chi connectivity index (χ4n) is 2.99. The maximum absolute atomic E-state index is 6.22. The van der Waals surface area contributed by atoms with E-state index in [0.29, 0.717) is 11.8 Å². The van der Waals surface area contributed by atoms with Crippen LogP contribution in [0.3, 0.4) is 0 Å². The van der Waals surface area contributed by atoms with E-state index in [9.17, 15) is 0 Å². The number of rotatable bonds is 3. The fourth-order valence-corrected chi connectivity index (χ4v) is 2.99. The van der Waals surface area contributed by atoms with Crippen LogP contribution in [0.15, 0.2) is 0 Å². The highest BCUT2D eigenvalue weighted by Gasteiger charge is 2.32. The molecule has 0 aliphatic heterocycles. The Morgan fingerprint density at radius 1 is 1.19 bits per heavy atom. The van der Waals surface area contributed by atoms with E-state index in [-0.39, 0.29) is 0 Å². The molecular weight excluding hydrogens is 198 g/mol. The van der Waals surface area contributed by atoms with Gasteiger partial charge in [-0.25, -0.2) is 4.98 Å².